The first-order chi connectivity index (χ1) is 12.0. The maximum absolute atomic E-state index is 15.0. The molecule has 0 aromatic carbocycles. The van der Waals surface area contributed by atoms with Crippen molar-refractivity contribution in [3.63, 3.8) is 0 Å². The number of nitrogens with one attached hydrogen (secondary N) is 1. The molecule has 132 valence electrons. The van der Waals surface area contributed by atoms with Gasteiger partial charge in [0.1, 0.15) is 0 Å². The second kappa shape index (κ2) is 6.22. The monoisotopic (exact) mass is 343 g/mol. The minimum Gasteiger partial charge on any atom is -0.363 e. The molecule has 3 N–H and O–H groups in total. The lowest BCUT2D eigenvalue weighted by molar-refractivity contribution is 0.0995. The standard InChI is InChI=1S/C18H22FN5O/c1-24-9-10(8-21-24)17-15-11(6-7-14(15)25)16(19)18(23-17)22-13-5-3-2-4-12(13)20/h8-9,12-13H,2-7,20H2,1H3,(H,22,23). The van der Waals surface area contributed by atoms with Crippen molar-refractivity contribution >= 4 is 11.6 Å². The summed E-state index contributed by atoms with van der Waals surface area (Å²) in [5.41, 5.74) is 8.29. The lowest BCUT2D eigenvalue weighted by atomic mass is 9.91. The Morgan fingerprint density at radius 1 is 1.32 bits per heavy atom. The molecule has 0 aliphatic heterocycles. The average molecular weight is 343 g/mol. The summed E-state index contributed by atoms with van der Waals surface area (Å²) in [5.74, 6) is -0.262. The van der Waals surface area contributed by atoms with Gasteiger partial charge in [0.25, 0.3) is 0 Å². The highest BCUT2D eigenvalue weighted by Crippen LogP contribution is 2.36. The van der Waals surface area contributed by atoms with E-state index in [1.807, 2.05) is 0 Å². The number of aromatic nitrogens is 3. The lowest BCUT2D eigenvalue weighted by Gasteiger charge is -2.30. The van der Waals surface area contributed by atoms with Gasteiger partial charge in [0.2, 0.25) is 0 Å². The molecular formula is C18H22FN5O. The van der Waals surface area contributed by atoms with Crippen molar-refractivity contribution in [2.75, 3.05) is 5.32 Å². The third kappa shape index (κ3) is 2.82. The molecule has 2 aromatic heterocycles. The number of aryl methyl sites for hydroxylation is 1. The molecule has 1 fully saturated rings. The van der Waals surface area contributed by atoms with Crippen LogP contribution in [0, 0.1) is 5.82 Å². The molecule has 1 saturated carbocycles. The normalized spacial score (nSPS) is 22.9. The molecule has 7 heteroatoms. The van der Waals surface area contributed by atoms with Crippen LogP contribution in [0.4, 0.5) is 10.2 Å². The van der Waals surface area contributed by atoms with Crippen LogP contribution in [0.25, 0.3) is 11.3 Å². The molecule has 2 unspecified atom stereocenters. The summed E-state index contributed by atoms with van der Waals surface area (Å²) < 4.78 is 16.6. The molecule has 2 aliphatic carbocycles. The quantitative estimate of drug-likeness (QED) is 0.894. The van der Waals surface area contributed by atoms with E-state index in [4.69, 9.17) is 5.73 Å². The highest BCUT2D eigenvalue weighted by Gasteiger charge is 2.32. The van der Waals surface area contributed by atoms with Crippen molar-refractivity contribution in [3.05, 3.63) is 29.3 Å². The molecule has 2 aromatic rings. The predicted octanol–water partition coefficient (Wildman–Crippen LogP) is 2.43. The average Bonchev–Trinajstić information content (AvgIpc) is 3.19. The highest BCUT2D eigenvalue weighted by molar-refractivity contribution is 6.05. The number of hydrogen-bond acceptors (Lipinski definition) is 5. The zero-order valence-electron chi connectivity index (χ0n) is 14.3. The maximum Gasteiger partial charge on any atom is 0.169 e. The van der Waals surface area contributed by atoms with E-state index in [0.29, 0.717) is 29.7 Å². The van der Waals surface area contributed by atoms with E-state index in [2.05, 4.69) is 15.4 Å². The second-order valence-electron chi connectivity index (χ2n) is 7.00. The van der Waals surface area contributed by atoms with E-state index >= 15 is 0 Å². The van der Waals surface area contributed by atoms with Gasteiger partial charge in [-0.2, -0.15) is 5.10 Å². The number of nitrogens with zero attached hydrogens (tertiary/aromatic N) is 3. The highest BCUT2D eigenvalue weighted by atomic mass is 19.1. The van der Waals surface area contributed by atoms with E-state index in [1.165, 1.54) is 0 Å². The first kappa shape index (κ1) is 16.2. The van der Waals surface area contributed by atoms with Crippen molar-refractivity contribution in [2.45, 2.75) is 50.6 Å². The zero-order chi connectivity index (χ0) is 17.6. The van der Waals surface area contributed by atoms with Crippen molar-refractivity contribution in [3.8, 4) is 11.3 Å². The summed E-state index contributed by atoms with van der Waals surface area (Å²) in [5, 5.41) is 7.37. The minimum absolute atomic E-state index is 0.00709. The Labute approximate surface area is 145 Å². The summed E-state index contributed by atoms with van der Waals surface area (Å²) in [6.45, 7) is 0. The number of ketones is 1. The number of halogens is 1. The van der Waals surface area contributed by atoms with Gasteiger partial charge < -0.3 is 11.1 Å². The molecule has 0 bridgehead atoms. The van der Waals surface area contributed by atoms with Crippen LogP contribution in [0.2, 0.25) is 0 Å². The fraction of sp³-hybridized carbons (Fsp3) is 0.500. The summed E-state index contributed by atoms with van der Waals surface area (Å²) in [4.78, 5) is 16.8. The molecule has 0 saturated heterocycles. The molecule has 6 nitrogen and oxygen atoms in total. The molecule has 2 aliphatic rings. The Balaban J connectivity index is 1.79. The maximum atomic E-state index is 15.0. The lowest BCUT2D eigenvalue weighted by Crippen LogP contribution is -2.43. The number of rotatable bonds is 3. The molecule has 2 heterocycles. The van der Waals surface area contributed by atoms with Crippen molar-refractivity contribution < 1.29 is 9.18 Å². The third-order valence-corrected chi connectivity index (χ3v) is 5.24. The van der Waals surface area contributed by atoms with Crippen molar-refractivity contribution in [1.82, 2.24) is 14.8 Å². The zero-order valence-corrected chi connectivity index (χ0v) is 14.3. The van der Waals surface area contributed by atoms with E-state index in [9.17, 15) is 9.18 Å². The molecule has 4 rings (SSSR count). The summed E-state index contributed by atoms with van der Waals surface area (Å²) in [6, 6.07) is -0.000619. The fourth-order valence-electron chi connectivity index (χ4n) is 3.87. The van der Waals surface area contributed by atoms with Gasteiger partial charge in [-0.1, -0.05) is 12.8 Å². The number of fused-ring (bicyclic) bond motifs is 1. The molecule has 0 spiro atoms. The second-order valence-corrected chi connectivity index (χ2v) is 7.00. The van der Waals surface area contributed by atoms with E-state index in [0.717, 1.165) is 31.2 Å². The van der Waals surface area contributed by atoms with Crippen LogP contribution in [0.5, 0.6) is 0 Å². The smallest absolute Gasteiger partial charge is 0.169 e. The number of hydrogen-bond donors (Lipinski definition) is 2. The predicted molar refractivity (Wildman–Crippen MR) is 92.9 cm³/mol. The van der Waals surface area contributed by atoms with Crippen LogP contribution in [0.3, 0.4) is 0 Å². The summed E-state index contributed by atoms with van der Waals surface area (Å²) in [7, 11) is 1.80. The van der Waals surface area contributed by atoms with Gasteiger partial charge in [-0.25, -0.2) is 9.37 Å². The van der Waals surface area contributed by atoms with Crippen LogP contribution in [0.1, 0.15) is 48.0 Å². The Bertz CT molecular complexity index is 831. The van der Waals surface area contributed by atoms with Crippen LogP contribution in [-0.2, 0) is 13.5 Å². The number of Topliss-reactive ketones (excluding diaryl/α,β-unsaturated/α-hetero) is 1. The SMILES string of the molecule is Cn1cc(-c2nc(NC3CCCCC3N)c(F)c3c2C(=O)CC3)cn1. The largest absolute Gasteiger partial charge is 0.363 e. The minimum atomic E-state index is -0.411. The Morgan fingerprint density at radius 2 is 2.12 bits per heavy atom. The van der Waals surface area contributed by atoms with Crippen LogP contribution in [-0.4, -0.2) is 32.6 Å². The van der Waals surface area contributed by atoms with Crippen LogP contribution < -0.4 is 11.1 Å². The first-order valence-corrected chi connectivity index (χ1v) is 8.81. The molecular weight excluding hydrogens is 321 g/mol. The van der Waals surface area contributed by atoms with Crippen LogP contribution in [0.15, 0.2) is 12.4 Å². The first-order valence-electron chi connectivity index (χ1n) is 8.81. The number of carbonyl (C=O) groups is 1. The Hall–Kier alpha value is -2.28. The third-order valence-electron chi connectivity index (χ3n) is 5.24. The fourth-order valence-corrected chi connectivity index (χ4v) is 3.87. The molecule has 2 atom stereocenters. The molecule has 25 heavy (non-hydrogen) atoms. The number of nitrogens with two attached hydrogens (primary N) is 1. The number of pyridine rings is 1. The Kier molecular flexibility index (Phi) is 4.03. The topological polar surface area (TPSA) is 85.8 Å². The van der Waals surface area contributed by atoms with Crippen LogP contribution >= 0.6 is 0 Å². The number of carbonyl (C=O) groups excluding carboxylic acids is 1. The summed E-state index contributed by atoms with van der Waals surface area (Å²) >= 11 is 0. The Morgan fingerprint density at radius 3 is 2.84 bits per heavy atom. The molecule has 0 radical (unpaired) electrons. The van der Waals surface area contributed by atoms with E-state index < -0.39 is 5.82 Å². The van der Waals surface area contributed by atoms with Gasteiger partial charge in [0, 0.05) is 42.9 Å². The van der Waals surface area contributed by atoms with Crippen molar-refractivity contribution in [1.29, 1.82) is 0 Å². The van der Waals surface area contributed by atoms with E-state index in [1.54, 1.807) is 24.1 Å². The van der Waals surface area contributed by atoms with Gasteiger partial charge in [-0.05, 0) is 19.3 Å². The molecule has 0 amide bonds. The van der Waals surface area contributed by atoms with Gasteiger partial charge in [0.05, 0.1) is 17.5 Å². The van der Waals surface area contributed by atoms with Gasteiger partial charge in [-0.15, -0.1) is 0 Å². The van der Waals surface area contributed by atoms with Gasteiger partial charge in [0.15, 0.2) is 17.4 Å². The van der Waals surface area contributed by atoms with Gasteiger partial charge in [-0.3, -0.25) is 9.48 Å². The number of anilines is 1. The van der Waals surface area contributed by atoms with Gasteiger partial charge >= 0.3 is 0 Å². The van der Waals surface area contributed by atoms with Crippen molar-refractivity contribution in [2.24, 2.45) is 12.8 Å². The summed E-state index contributed by atoms with van der Waals surface area (Å²) in [6.07, 6.45) is 8.21. The van der Waals surface area contributed by atoms with E-state index in [-0.39, 0.29) is 23.7 Å².